The molecule has 0 saturated carbocycles. The van der Waals surface area contributed by atoms with Gasteiger partial charge in [0, 0.05) is 11.4 Å². The van der Waals surface area contributed by atoms with Crippen molar-refractivity contribution in [1.82, 2.24) is 9.97 Å². The molecule has 0 aliphatic carbocycles. The molecule has 7 heteroatoms. The molecule has 26 heavy (non-hydrogen) atoms. The van der Waals surface area contributed by atoms with Crippen molar-refractivity contribution in [3.05, 3.63) is 75.6 Å². The molecule has 0 spiro atoms. The van der Waals surface area contributed by atoms with E-state index >= 15 is 0 Å². The highest BCUT2D eigenvalue weighted by atomic mass is 16.6. The Hall–Kier alpha value is -3.48. The zero-order chi connectivity index (χ0) is 18.7. The lowest BCUT2D eigenvalue weighted by molar-refractivity contribution is -0.383. The van der Waals surface area contributed by atoms with E-state index < -0.39 is 4.92 Å². The minimum absolute atomic E-state index is 0.140. The summed E-state index contributed by atoms with van der Waals surface area (Å²) in [6.45, 7) is 5.87. The van der Waals surface area contributed by atoms with Crippen LogP contribution < -0.4 is 10.6 Å². The first-order chi connectivity index (χ1) is 12.4. The molecule has 2 N–H and O–H groups in total. The van der Waals surface area contributed by atoms with Crippen molar-refractivity contribution in [2.45, 2.75) is 20.8 Å². The van der Waals surface area contributed by atoms with Crippen molar-refractivity contribution in [3.63, 3.8) is 0 Å². The summed E-state index contributed by atoms with van der Waals surface area (Å²) in [4.78, 5) is 19.3. The SMILES string of the molecule is Cc1ccc(Nc2ncnc(Nc3cc(C)ccc3C)c2[N+](=O)[O-])cc1. The summed E-state index contributed by atoms with van der Waals surface area (Å²) in [6.07, 6.45) is 1.30. The third-order valence-corrected chi connectivity index (χ3v) is 3.97. The Morgan fingerprint density at radius 3 is 2.15 bits per heavy atom. The van der Waals surface area contributed by atoms with Gasteiger partial charge in [0.25, 0.3) is 0 Å². The first-order valence-electron chi connectivity index (χ1n) is 8.11. The molecular formula is C19H19N5O2. The number of aromatic nitrogens is 2. The van der Waals surface area contributed by atoms with Crippen LogP contribution in [0.15, 0.2) is 48.8 Å². The molecule has 7 nitrogen and oxygen atoms in total. The topological polar surface area (TPSA) is 93.0 Å². The van der Waals surface area contributed by atoms with E-state index in [0.717, 1.165) is 28.1 Å². The van der Waals surface area contributed by atoms with Crippen LogP contribution in [0, 0.1) is 30.9 Å². The Kier molecular flexibility index (Phi) is 4.79. The van der Waals surface area contributed by atoms with Gasteiger partial charge in [-0.25, -0.2) is 9.97 Å². The average Bonchev–Trinajstić information content (AvgIpc) is 2.60. The molecule has 0 aliphatic heterocycles. The Bertz CT molecular complexity index is 955. The van der Waals surface area contributed by atoms with Crippen LogP contribution in [0.4, 0.5) is 28.7 Å². The number of aryl methyl sites for hydroxylation is 3. The summed E-state index contributed by atoms with van der Waals surface area (Å²) in [7, 11) is 0. The first kappa shape index (κ1) is 17.3. The fourth-order valence-corrected chi connectivity index (χ4v) is 2.51. The second-order valence-corrected chi connectivity index (χ2v) is 6.11. The molecule has 0 bridgehead atoms. The first-order valence-corrected chi connectivity index (χ1v) is 8.11. The Morgan fingerprint density at radius 2 is 1.50 bits per heavy atom. The summed E-state index contributed by atoms with van der Waals surface area (Å²) in [6, 6.07) is 13.4. The van der Waals surface area contributed by atoms with E-state index in [0.29, 0.717) is 0 Å². The lowest BCUT2D eigenvalue weighted by atomic mass is 10.1. The summed E-state index contributed by atoms with van der Waals surface area (Å²) >= 11 is 0. The molecule has 132 valence electrons. The van der Waals surface area contributed by atoms with E-state index in [9.17, 15) is 10.1 Å². The van der Waals surface area contributed by atoms with Gasteiger partial charge in [-0.05, 0) is 50.1 Å². The molecule has 0 radical (unpaired) electrons. The number of hydrogen-bond donors (Lipinski definition) is 2. The van der Waals surface area contributed by atoms with Crippen LogP contribution in [-0.4, -0.2) is 14.9 Å². The van der Waals surface area contributed by atoms with Crippen LogP contribution in [0.5, 0.6) is 0 Å². The monoisotopic (exact) mass is 349 g/mol. The second kappa shape index (κ2) is 7.18. The minimum atomic E-state index is -0.482. The van der Waals surface area contributed by atoms with Gasteiger partial charge in [0.15, 0.2) is 0 Å². The number of nitro groups is 1. The van der Waals surface area contributed by atoms with Crippen molar-refractivity contribution < 1.29 is 4.92 Å². The molecule has 0 unspecified atom stereocenters. The lowest BCUT2D eigenvalue weighted by Crippen LogP contribution is -2.06. The zero-order valence-corrected chi connectivity index (χ0v) is 14.8. The lowest BCUT2D eigenvalue weighted by Gasteiger charge is -2.12. The van der Waals surface area contributed by atoms with E-state index in [2.05, 4.69) is 20.6 Å². The molecule has 0 atom stereocenters. The Labute approximate surface area is 151 Å². The van der Waals surface area contributed by atoms with E-state index in [-0.39, 0.29) is 17.3 Å². The molecule has 0 saturated heterocycles. The fraction of sp³-hybridized carbons (Fsp3) is 0.158. The maximum absolute atomic E-state index is 11.7. The van der Waals surface area contributed by atoms with Crippen molar-refractivity contribution in [2.24, 2.45) is 0 Å². The summed E-state index contributed by atoms with van der Waals surface area (Å²) in [5, 5.41) is 17.7. The molecular weight excluding hydrogens is 330 g/mol. The summed E-state index contributed by atoms with van der Waals surface area (Å²) in [5.74, 6) is 0.287. The van der Waals surface area contributed by atoms with Gasteiger partial charge in [-0.3, -0.25) is 10.1 Å². The van der Waals surface area contributed by atoms with Gasteiger partial charge in [-0.1, -0.05) is 29.8 Å². The van der Waals surface area contributed by atoms with Crippen LogP contribution in [0.1, 0.15) is 16.7 Å². The molecule has 3 rings (SSSR count). The van der Waals surface area contributed by atoms with Crippen LogP contribution in [0.3, 0.4) is 0 Å². The number of rotatable bonds is 5. The predicted octanol–water partition coefficient (Wildman–Crippen LogP) is 4.80. The van der Waals surface area contributed by atoms with Crippen LogP contribution in [0.25, 0.3) is 0 Å². The summed E-state index contributed by atoms with van der Waals surface area (Å²) in [5.41, 5.74) is 4.41. The normalized spacial score (nSPS) is 10.4. The van der Waals surface area contributed by atoms with Gasteiger partial charge < -0.3 is 10.6 Å². The van der Waals surface area contributed by atoms with Crippen LogP contribution >= 0.6 is 0 Å². The number of anilines is 4. The number of nitrogens with zero attached hydrogens (tertiary/aromatic N) is 3. The van der Waals surface area contributed by atoms with E-state index in [1.165, 1.54) is 6.33 Å². The highest BCUT2D eigenvalue weighted by molar-refractivity contribution is 5.77. The molecule has 1 aromatic heterocycles. The second-order valence-electron chi connectivity index (χ2n) is 6.11. The van der Waals surface area contributed by atoms with Gasteiger partial charge in [0.1, 0.15) is 6.33 Å². The highest BCUT2D eigenvalue weighted by Gasteiger charge is 2.23. The average molecular weight is 349 g/mol. The molecule has 0 aliphatic rings. The molecule has 1 heterocycles. The Morgan fingerprint density at radius 1 is 0.885 bits per heavy atom. The number of nitrogens with one attached hydrogen (secondary N) is 2. The van der Waals surface area contributed by atoms with E-state index in [1.54, 1.807) is 0 Å². The third-order valence-electron chi connectivity index (χ3n) is 3.97. The molecule has 2 aromatic carbocycles. The number of hydrogen-bond acceptors (Lipinski definition) is 6. The maximum Gasteiger partial charge on any atom is 0.353 e. The molecule has 3 aromatic rings. The van der Waals surface area contributed by atoms with Crippen molar-refractivity contribution in [1.29, 1.82) is 0 Å². The Balaban J connectivity index is 1.99. The van der Waals surface area contributed by atoms with Gasteiger partial charge in [-0.15, -0.1) is 0 Å². The molecule has 0 amide bonds. The van der Waals surface area contributed by atoms with Crippen molar-refractivity contribution >= 4 is 28.7 Å². The van der Waals surface area contributed by atoms with Gasteiger partial charge >= 0.3 is 5.69 Å². The largest absolute Gasteiger partial charge is 0.353 e. The van der Waals surface area contributed by atoms with E-state index in [4.69, 9.17) is 0 Å². The van der Waals surface area contributed by atoms with Crippen molar-refractivity contribution in [2.75, 3.05) is 10.6 Å². The molecule has 0 fully saturated rings. The van der Waals surface area contributed by atoms with Crippen LogP contribution in [0.2, 0.25) is 0 Å². The zero-order valence-electron chi connectivity index (χ0n) is 14.8. The maximum atomic E-state index is 11.7. The number of benzene rings is 2. The summed E-state index contributed by atoms with van der Waals surface area (Å²) < 4.78 is 0. The van der Waals surface area contributed by atoms with Crippen molar-refractivity contribution in [3.8, 4) is 0 Å². The quantitative estimate of drug-likeness (QED) is 0.508. The smallest absolute Gasteiger partial charge is 0.334 e. The van der Waals surface area contributed by atoms with Gasteiger partial charge in [0.2, 0.25) is 11.6 Å². The standard InChI is InChI=1S/C19H19N5O2/c1-12-5-8-15(9-6-12)22-18-17(24(25)26)19(21-11-20-18)23-16-10-13(2)4-7-14(16)3/h4-11H,1-3H3,(H2,20,21,22,23). The highest BCUT2D eigenvalue weighted by Crippen LogP contribution is 2.33. The fourth-order valence-electron chi connectivity index (χ4n) is 2.51. The van der Waals surface area contributed by atoms with Gasteiger partial charge in [0.05, 0.1) is 4.92 Å². The van der Waals surface area contributed by atoms with Gasteiger partial charge in [-0.2, -0.15) is 0 Å². The third kappa shape index (κ3) is 3.77. The minimum Gasteiger partial charge on any atom is -0.334 e. The van der Waals surface area contributed by atoms with Crippen LogP contribution in [-0.2, 0) is 0 Å². The predicted molar refractivity (Wildman–Crippen MR) is 102 cm³/mol. The van der Waals surface area contributed by atoms with E-state index in [1.807, 2.05) is 63.2 Å².